The van der Waals surface area contributed by atoms with E-state index in [0.29, 0.717) is 29.4 Å². The Bertz CT molecular complexity index is 808. The molecule has 1 saturated heterocycles. The molecule has 0 aromatic heterocycles. The first kappa shape index (κ1) is 20.0. The van der Waals surface area contributed by atoms with E-state index in [2.05, 4.69) is 36.9 Å². The fourth-order valence-electron chi connectivity index (χ4n) is 3.94. The smallest absolute Gasteiger partial charge is 0.254 e. The number of nitrogens with zero attached hydrogens (tertiary/aromatic N) is 1. The molecule has 0 N–H and O–H groups in total. The Labute approximate surface area is 167 Å². The van der Waals surface area contributed by atoms with E-state index in [1.807, 2.05) is 11.0 Å². The maximum absolute atomic E-state index is 13.1. The Morgan fingerprint density at radius 1 is 1.14 bits per heavy atom. The first-order valence-electron chi connectivity index (χ1n) is 9.85. The summed E-state index contributed by atoms with van der Waals surface area (Å²) in [6, 6.07) is 14.3. The van der Waals surface area contributed by atoms with Crippen LogP contribution >= 0.6 is 0 Å². The molecule has 28 heavy (non-hydrogen) atoms. The van der Waals surface area contributed by atoms with Crippen molar-refractivity contribution in [2.75, 3.05) is 27.3 Å². The lowest BCUT2D eigenvalue weighted by Gasteiger charge is -2.32. The van der Waals surface area contributed by atoms with Gasteiger partial charge in [0, 0.05) is 24.2 Å². The van der Waals surface area contributed by atoms with Gasteiger partial charge in [-0.3, -0.25) is 4.79 Å². The number of likely N-dealkylation sites (tertiary alicyclic amines) is 1. The zero-order valence-electron chi connectivity index (χ0n) is 16.8. The van der Waals surface area contributed by atoms with Crippen molar-refractivity contribution in [3.63, 3.8) is 0 Å². The van der Waals surface area contributed by atoms with Gasteiger partial charge in [-0.25, -0.2) is 0 Å². The van der Waals surface area contributed by atoms with Gasteiger partial charge in [0.25, 0.3) is 5.91 Å². The summed E-state index contributed by atoms with van der Waals surface area (Å²) in [5, 5.41) is 0. The second kappa shape index (κ2) is 9.45. The number of carbonyl (C=O) groups excluding carboxylic acids is 1. The predicted molar refractivity (Wildman–Crippen MR) is 112 cm³/mol. The van der Waals surface area contributed by atoms with Crippen LogP contribution in [0.2, 0.25) is 0 Å². The summed E-state index contributed by atoms with van der Waals surface area (Å²) >= 11 is 0. The van der Waals surface area contributed by atoms with Crippen molar-refractivity contribution in [2.45, 2.75) is 25.7 Å². The van der Waals surface area contributed by atoms with Crippen molar-refractivity contribution in [3.8, 4) is 11.5 Å². The number of hydrogen-bond acceptors (Lipinski definition) is 3. The molecule has 1 amide bonds. The number of rotatable bonds is 7. The first-order chi connectivity index (χ1) is 13.7. The summed E-state index contributed by atoms with van der Waals surface area (Å²) in [5.74, 6) is 1.95. The maximum Gasteiger partial charge on any atom is 0.254 e. The van der Waals surface area contributed by atoms with Gasteiger partial charge in [0.05, 0.1) is 14.2 Å². The van der Waals surface area contributed by atoms with Crippen LogP contribution in [0.25, 0.3) is 0 Å². The SMILES string of the molecule is C=CCc1cc(C(=O)N2CCC(Cc3ccccc3)CC2)cc(OC)c1OC. The lowest BCUT2D eigenvalue weighted by Crippen LogP contribution is -2.39. The maximum atomic E-state index is 13.1. The van der Waals surface area contributed by atoms with Gasteiger partial charge in [-0.1, -0.05) is 36.4 Å². The Morgan fingerprint density at radius 2 is 1.86 bits per heavy atom. The van der Waals surface area contributed by atoms with E-state index in [0.717, 1.165) is 37.9 Å². The zero-order valence-corrected chi connectivity index (χ0v) is 16.8. The minimum Gasteiger partial charge on any atom is -0.493 e. The highest BCUT2D eigenvalue weighted by Crippen LogP contribution is 2.34. The molecule has 148 valence electrons. The average molecular weight is 380 g/mol. The molecule has 0 bridgehead atoms. The molecule has 4 heteroatoms. The standard InChI is InChI=1S/C24H29NO3/c1-4-8-20-16-21(17-22(27-2)23(20)28-3)24(26)25-13-11-19(12-14-25)15-18-9-6-5-7-10-18/h4-7,9-10,16-17,19H,1,8,11-15H2,2-3H3. The molecule has 2 aromatic carbocycles. The fraction of sp³-hybridized carbons (Fsp3) is 0.375. The quantitative estimate of drug-likeness (QED) is 0.664. The number of carbonyl (C=O) groups is 1. The lowest BCUT2D eigenvalue weighted by molar-refractivity contribution is 0.0690. The molecule has 3 rings (SSSR count). The molecule has 1 aliphatic heterocycles. The lowest BCUT2D eigenvalue weighted by atomic mass is 9.90. The number of allylic oxidation sites excluding steroid dienone is 1. The summed E-state index contributed by atoms with van der Waals surface area (Å²) in [6.45, 7) is 5.39. The summed E-state index contributed by atoms with van der Waals surface area (Å²) in [4.78, 5) is 15.1. The van der Waals surface area contributed by atoms with E-state index < -0.39 is 0 Å². The van der Waals surface area contributed by atoms with Crippen LogP contribution in [0.15, 0.2) is 55.1 Å². The third kappa shape index (κ3) is 4.56. The van der Waals surface area contributed by atoms with Crippen LogP contribution in [0.1, 0.15) is 34.3 Å². The fourth-order valence-corrected chi connectivity index (χ4v) is 3.94. The van der Waals surface area contributed by atoms with E-state index in [1.54, 1.807) is 26.4 Å². The summed E-state index contributed by atoms with van der Waals surface area (Å²) in [6.07, 6.45) is 5.59. The second-order valence-electron chi connectivity index (χ2n) is 7.29. The minimum absolute atomic E-state index is 0.0597. The van der Waals surface area contributed by atoms with Crippen LogP contribution in [0.4, 0.5) is 0 Å². The van der Waals surface area contributed by atoms with Crippen molar-refractivity contribution in [1.82, 2.24) is 4.90 Å². The zero-order chi connectivity index (χ0) is 19.9. The third-order valence-corrected chi connectivity index (χ3v) is 5.44. The van der Waals surface area contributed by atoms with Gasteiger partial charge in [0.15, 0.2) is 11.5 Å². The molecular formula is C24H29NO3. The van der Waals surface area contributed by atoms with Crippen LogP contribution in [0.3, 0.4) is 0 Å². The number of methoxy groups -OCH3 is 2. The van der Waals surface area contributed by atoms with Gasteiger partial charge in [0.2, 0.25) is 0 Å². The molecule has 1 aliphatic rings. The molecule has 0 spiro atoms. The first-order valence-corrected chi connectivity index (χ1v) is 9.85. The highest BCUT2D eigenvalue weighted by atomic mass is 16.5. The van der Waals surface area contributed by atoms with Crippen LogP contribution < -0.4 is 9.47 Å². The summed E-state index contributed by atoms with van der Waals surface area (Å²) in [7, 11) is 3.21. The Hall–Kier alpha value is -2.75. The monoisotopic (exact) mass is 379 g/mol. The van der Waals surface area contributed by atoms with Crippen molar-refractivity contribution in [2.24, 2.45) is 5.92 Å². The molecule has 4 nitrogen and oxygen atoms in total. The average Bonchev–Trinajstić information content (AvgIpc) is 2.74. The number of ether oxygens (including phenoxy) is 2. The Balaban J connectivity index is 1.69. The molecule has 0 aliphatic carbocycles. The van der Waals surface area contributed by atoms with Gasteiger partial charge >= 0.3 is 0 Å². The minimum atomic E-state index is 0.0597. The Kier molecular flexibility index (Phi) is 6.75. The van der Waals surface area contributed by atoms with Gasteiger partial charge in [-0.2, -0.15) is 0 Å². The number of piperidine rings is 1. The van der Waals surface area contributed by atoms with Crippen LogP contribution in [0, 0.1) is 5.92 Å². The molecule has 2 aromatic rings. The van der Waals surface area contributed by atoms with Crippen molar-refractivity contribution < 1.29 is 14.3 Å². The van der Waals surface area contributed by atoms with Gasteiger partial charge < -0.3 is 14.4 Å². The summed E-state index contributed by atoms with van der Waals surface area (Å²) < 4.78 is 10.9. The van der Waals surface area contributed by atoms with Gasteiger partial charge in [-0.05, 0) is 49.3 Å². The Morgan fingerprint density at radius 3 is 2.46 bits per heavy atom. The second-order valence-corrected chi connectivity index (χ2v) is 7.29. The molecule has 1 fully saturated rings. The number of amides is 1. The normalized spacial score (nSPS) is 14.6. The molecule has 0 radical (unpaired) electrons. The van der Waals surface area contributed by atoms with Crippen molar-refractivity contribution in [1.29, 1.82) is 0 Å². The topological polar surface area (TPSA) is 38.8 Å². The molecule has 1 heterocycles. The van der Waals surface area contributed by atoms with Crippen LogP contribution in [-0.2, 0) is 12.8 Å². The van der Waals surface area contributed by atoms with Crippen LogP contribution in [-0.4, -0.2) is 38.1 Å². The molecule has 0 atom stereocenters. The molecule has 0 unspecified atom stereocenters. The number of hydrogen-bond donors (Lipinski definition) is 0. The summed E-state index contributed by atoms with van der Waals surface area (Å²) in [5.41, 5.74) is 2.94. The largest absolute Gasteiger partial charge is 0.493 e. The highest BCUT2D eigenvalue weighted by molar-refractivity contribution is 5.95. The van der Waals surface area contributed by atoms with Crippen molar-refractivity contribution in [3.05, 3.63) is 71.8 Å². The van der Waals surface area contributed by atoms with Gasteiger partial charge in [0.1, 0.15) is 0 Å². The van der Waals surface area contributed by atoms with E-state index in [-0.39, 0.29) is 5.91 Å². The van der Waals surface area contributed by atoms with E-state index in [9.17, 15) is 4.79 Å². The van der Waals surface area contributed by atoms with E-state index in [1.165, 1.54) is 5.56 Å². The molecular weight excluding hydrogens is 350 g/mol. The van der Waals surface area contributed by atoms with Crippen LogP contribution in [0.5, 0.6) is 11.5 Å². The highest BCUT2D eigenvalue weighted by Gasteiger charge is 2.25. The third-order valence-electron chi connectivity index (χ3n) is 5.44. The number of benzene rings is 2. The van der Waals surface area contributed by atoms with Gasteiger partial charge in [-0.15, -0.1) is 6.58 Å². The molecule has 0 saturated carbocycles. The predicted octanol–water partition coefficient (Wildman–Crippen LogP) is 4.53. The van der Waals surface area contributed by atoms with Crippen molar-refractivity contribution >= 4 is 5.91 Å². The van der Waals surface area contributed by atoms with E-state index >= 15 is 0 Å². The van der Waals surface area contributed by atoms with E-state index in [4.69, 9.17) is 9.47 Å².